The Balaban J connectivity index is 1.85. The van der Waals surface area contributed by atoms with E-state index in [4.69, 9.17) is 0 Å². The van der Waals surface area contributed by atoms with Gasteiger partial charge in [0.25, 0.3) is 5.91 Å². The molecule has 0 unspecified atom stereocenters. The topological polar surface area (TPSA) is 20.3 Å². The number of nitrogens with zero attached hydrogens (tertiary/aromatic N) is 1. The first kappa shape index (κ1) is 12.4. The van der Waals surface area contributed by atoms with Gasteiger partial charge in [-0.25, -0.2) is 4.39 Å². The predicted octanol–water partition coefficient (Wildman–Crippen LogP) is 3.86. The van der Waals surface area contributed by atoms with Crippen molar-refractivity contribution < 1.29 is 9.18 Å². The van der Waals surface area contributed by atoms with Crippen LogP contribution in [0.25, 0.3) is 0 Å². The number of benzene rings is 1. The molecule has 98 valence electrons. The molecule has 0 bridgehead atoms. The van der Waals surface area contributed by atoms with E-state index in [0.717, 1.165) is 29.8 Å². The third kappa shape index (κ3) is 2.40. The van der Waals surface area contributed by atoms with Gasteiger partial charge >= 0.3 is 0 Å². The lowest BCUT2D eigenvalue weighted by atomic mass is 10.0. The molecular weight excluding hydrogens is 261 g/mol. The van der Waals surface area contributed by atoms with Gasteiger partial charge in [0.2, 0.25) is 0 Å². The highest BCUT2D eigenvalue weighted by atomic mass is 32.1. The summed E-state index contributed by atoms with van der Waals surface area (Å²) in [4.78, 5) is 15.1. The second-order valence-corrected chi connectivity index (χ2v) is 5.63. The second kappa shape index (κ2) is 5.13. The number of carbonyl (C=O) groups is 1. The number of amides is 1. The average molecular weight is 275 g/mol. The maximum absolute atomic E-state index is 13.0. The van der Waals surface area contributed by atoms with Gasteiger partial charge in [-0.1, -0.05) is 18.2 Å². The van der Waals surface area contributed by atoms with Gasteiger partial charge in [-0.15, -0.1) is 11.3 Å². The number of hydrogen-bond acceptors (Lipinski definition) is 2. The van der Waals surface area contributed by atoms with Crippen LogP contribution in [0.15, 0.2) is 41.8 Å². The zero-order valence-corrected chi connectivity index (χ0v) is 11.2. The first-order chi connectivity index (χ1) is 9.25. The summed E-state index contributed by atoms with van der Waals surface area (Å²) in [5, 5.41) is 1.91. The smallest absolute Gasteiger partial charge is 0.264 e. The number of halogens is 1. The molecule has 1 atom stereocenters. The summed E-state index contributed by atoms with van der Waals surface area (Å²) in [5.74, 6) is -0.153. The van der Waals surface area contributed by atoms with Crippen molar-refractivity contribution in [3.63, 3.8) is 0 Å². The summed E-state index contributed by atoms with van der Waals surface area (Å²) in [5.41, 5.74) is 1.02. The van der Waals surface area contributed by atoms with E-state index in [2.05, 4.69) is 0 Å². The Morgan fingerprint density at radius 3 is 2.74 bits per heavy atom. The standard InChI is InChI=1S/C15H14FNOS/c16-12-7-5-11(6-8-12)13-3-1-9-17(13)15(18)14-4-2-10-19-14/h2,4-8,10,13H,1,3,9H2/t13-/m1/s1. The van der Waals surface area contributed by atoms with E-state index >= 15 is 0 Å². The summed E-state index contributed by atoms with van der Waals surface area (Å²) >= 11 is 1.47. The van der Waals surface area contributed by atoms with Crippen LogP contribution in [-0.4, -0.2) is 17.4 Å². The van der Waals surface area contributed by atoms with Gasteiger partial charge in [0, 0.05) is 6.54 Å². The van der Waals surface area contributed by atoms with Gasteiger partial charge in [0.05, 0.1) is 10.9 Å². The Hall–Kier alpha value is -1.68. The normalized spacial score (nSPS) is 18.8. The van der Waals surface area contributed by atoms with Crippen molar-refractivity contribution in [3.05, 3.63) is 58.0 Å². The molecule has 1 aliphatic heterocycles. The van der Waals surface area contributed by atoms with E-state index in [1.807, 2.05) is 22.4 Å². The monoisotopic (exact) mass is 275 g/mol. The molecule has 1 aromatic heterocycles. The molecule has 2 aromatic rings. The Morgan fingerprint density at radius 1 is 1.26 bits per heavy atom. The molecule has 1 amide bonds. The fourth-order valence-corrected chi connectivity index (χ4v) is 3.26. The van der Waals surface area contributed by atoms with Gasteiger partial charge in [-0.3, -0.25) is 4.79 Å². The lowest BCUT2D eigenvalue weighted by Gasteiger charge is -2.24. The lowest BCUT2D eigenvalue weighted by molar-refractivity contribution is 0.0740. The lowest BCUT2D eigenvalue weighted by Crippen LogP contribution is -2.29. The molecule has 1 aromatic carbocycles. The van der Waals surface area contributed by atoms with Crippen LogP contribution in [0.3, 0.4) is 0 Å². The van der Waals surface area contributed by atoms with Crippen LogP contribution in [0.4, 0.5) is 4.39 Å². The fraction of sp³-hybridized carbons (Fsp3) is 0.267. The highest BCUT2D eigenvalue weighted by Gasteiger charge is 2.30. The van der Waals surface area contributed by atoms with Gasteiger partial charge in [-0.05, 0) is 42.0 Å². The predicted molar refractivity (Wildman–Crippen MR) is 73.7 cm³/mol. The molecule has 1 saturated heterocycles. The Morgan fingerprint density at radius 2 is 2.05 bits per heavy atom. The molecule has 0 spiro atoms. The van der Waals surface area contributed by atoms with Gasteiger partial charge in [0.15, 0.2) is 0 Å². The zero-order chi connectivity index (χ0) is 13.2. The van der Waals surface area contributed by atoms with Crippen molar-refractivity contribution >= 4 is 17.2 Å². The van der Waals surface area contributed by atoms with E-state index in [1.165, 1.54) is 23.5 Å². The molecule has 3 rings (SSSR count). The highest BCUT2D eigenvalue weighted by molar-refractivity contribution is 7.12. The Labute approximate surface area is 115 Å². The molecule has 2 nitrogen and oxygen atoms in total. The van der Waals surface area contributed by atoms with E-state index in [-0.39, 0.29) is 17.8 Å². The van der Waals surface area contributed by atoms with E-state index in [9.17, 15) is 9.18 Å². The first-order valence-electron chi connectivity index (χ1n) is 6.35. The number of rotatable bonds is 2. The summed E-state index contributed by atoms with van der Waals surface area (Å²) in [6.07, 6.45) is 1.95. The van der Waals surface area contributed by atoms with E-state index in [0.29, 0.717) is 0 Å². The average Bonchev–Trinajstić information content (AvgIpc) is 3.10. The minimum atomic E-state index is -0.238. The summed E-state index contributed by atoms with van der Waals surface area (Å²) in [6, 6.07) is 10.3. The molecule has 1 fully saturated rings. The van der Waals surface area contributed by atoms with Crippen molar-refractivity contribution in [2.24, 2.45) is 0 Å². The Kier molecular flexibility index (Phi) is 3.34. The molecule has 1 aliphatic rings. The number of thiophene rings is 1. The van der Waals surface area contributed by atoms with Crippen LogP contribution in [0.1, 0.15) is 34.1 Å². The van der Waals surface area contributed by atoms with Gasteiger partial charge < -0.3 is 4.90 Å². The molecule has 2 heterocycles. The summed E-state index contributed by atoms with van der Waals surface area (Å²) < 4.78 is 13.0. The third-order valence-corrected chi connectivity index (χ3v) is 4.36. The summed E-state index contributed by atoms with van der Waals surface area (Å²) in [7, 11) is 0. The van der Waals surface area contributed by atoms with Gasteiger partial charge in [0.1, 0.15) is 5.82 Å². The van der Waals surface area contributed by atoms with Crippen molar-refractivity contribution in [2.75, 3.05) is 6.54 Å². The minimum Gasteiger partial charge on any atom is -0.331 e. The van der Waals surface area contributed by atoms with Crippen LogP contribution < -0.4 is 0 Å². The number of carbonyl (C=O) groups excluding carboxylic acids is 1. The van der Waals surface area contributed by atoms with Crippen LogP contribution >= 0.6 is 11.3 Å². The maximum atomic E-state index is 13.0. The highest BCUT2D eigenvalue weighted by Crippen LogP contribution is 2.33. The fourth-order valence-electron chi connectivity index (χ4n) is 2.58. The van der Waals surface area contributed by atoms with Crippen molar-refractivity contribution in [1.82, 2.24) is 4.90 Å². The van der Waals surface area contributed by atoms with Crippen LogP contribution in [0, 0.1) is 5.82 Å². The molecule has 19 heavy (non-hydrogen) atoms. The quantitative estimate of drug-likeness (QED) is 0.815. The largest absolute Gasteiger partial charge is 0.331 e. The first-order valence-corrected chi connectivity index (χ1v) is 7.23. The summed E-state index contributed by atoms with van der Waals surface area (Å²) in [6.45, 7) is 0.777. The molecule has 0 aliphatic carbocycles. The molecule has 0 N–H and O–H groups in total. The SMILES string of the molecule is O=C(c1cccs1)N1CCC[C@@H]1c1ccc(F)cc1. The van der Waals surface area contributed by atoms with E-state index in [1.54, 1.807) is 12.1 Å². The molecule has 4 heteroatoms. The van der Waals surface area contributed by atoms with Gasteiger partial charge in [-0.2, -0.15) is 0 Å². The van der Waals surface area contributed by atoms with Crippen LogP contribution in [0.5, 0.6) is 0 Å². The van der Waals surface area contributed by atoms with Crippen molar-refractivity contribution in [1.29, 1.82) is 0 Å². The molecule has 0 radical (unpaired) electrons. The minimum absolute atomic E-state index is 0.0789. The van der Waals surface area contributed by atoms with Crippen LogP contribution in [0.2, 0.25) is 0 Å². The van der Waals surface area contributed by atoms with Crippen molar-refractivity contribution in [2.45, 2.75) is 18.9 Å². The molecule has 0 saturated carbocycles. The van der Waals surface area contributed by atoms with Crippen LogP contribution in [-0.2, 0) is 0 Å². The second-order valence-electron chi connectivity index (χ2n) is 4.69. The zero-order valence-electron chi connectivity index (χ0n) is 10.4. The van der Waals surface area contributed by atoms with Crippen molar-refractivity contribution in [3.8, 4) is 0 Å². The van der Waals surface area contributed by atoms with E-state index < -0.39 is 0 Å². The maximum Gasteiger partial charge on any atom is 0.264 e. The third-order valence-electron chi connectivity index (χ3n) is 3.50. The molecular formula is C15H14FNOS. The number of likely N-dealkylation sites (tertiary alicyclic amines) is 1. The Bertz CT molecular complexity index is 564. The number of hydrogen-bond donors (Lipinski definition) is 0.